The summed E-state index contributed by atoms with van der Waals surface area (Å²) in [6.45, 7) is 8.29. The Hall–Kier alpha value is -2.18. The van der Waals surface area contributed by atoms with Gasteiger partial charge >= 0.3 is 0 Å². The Kier molecular flexibility index (Phi) is 7.76. The lowest BCUT2D eigenvalue weighted by molar-refractivity contribution is -0.126. The van der Waals surface area contributed by atoms with Crippen LogP contribution in [0, 0.1) is 5.92 Å². The smallest absolute Gasteiger partial charge is 0.223 e. The average Bonchev–Trinajstić information content (AvgIpc) is 3.33. The van der Waals surface area contributed by atoms with E-state index >= 15 is 0 Å². The highest BCUT2D eigenvalue weighted by Crippen LogP contribution is 2.29. The number of carbonyl (C=O) groups excluding carboxylic acids is 1. The predicted octanol–water partition coefficient (Wildman–Crippen LogP) is 4.11. The summed E-state index contributed by atoms with van der Waals surface area (Å²) in [6, 6.07) is 10.2. The van der Waals surface area contributed by atoms with Crippen molar-refractivity contribution >= 4 is 5.91 Å². The van der Waals surface area contributed by atoms with Crippen LogP contribution >= 0.6 is 0 Å². The van der Waals surface area contributed by atoms with Gasteiger partial charge in [-0.05, 0) is 71.8 Å². The topological polar surface area (TPSA) is 61.6 Å². The van der Waals surface area contributed by atoms with Gasteiger partial charge in [0.2, 0.25) is 11.8 Å². The number of rotatable bonds is 8. The summed E-state index contributed by atoms with van der Waals surface area (Å²) in [5, 5.41) is 3.17. The highest BCUT2D eigenvalue weighted by Gasteiger charge is 2.29. The van der Waals surface area contributed by atoms with Crippen LogP contribution in [0.4, 0.5) is 0 Å². The highest BCUT2D eigenvalue weighted by molar-refractivity contribution is 5.78. The van der Waals surface area contributed by atoms with Gasteiger partial charge < -0.3 is 14.6 Å². The van der Waals surface area contributed by atoms with Crippen molar-refractivity contribution in [2.75, 3.05) is 39.3 Å². The third-order valence-corrected chi connectivity index (χ3v) is 6.79. The first-order chi connectivity index (χ1) is 15.2. The molecule has 168 valence electrons. The van der Waals surface area contributed by atoms with E-state index in [2.05, 4.69) is 27.0 Å². The first-order valence-corrected chi connectivity index (χ1v) is 12.0. The Morgan fingerprint density at radius 3 is 2.61 bits per heavy atom. The molecule has 0 unspecified atom stereocenters. The van der Waals surface area contributed by atoms with Crippen LogP contribution in [0.15, 0.2) is 40.9 Å². The molecule has 1 atom stereocenters. The third kappa shape index (κ3) is 5.95. The monoisotopic (exact) mass is 424 g/mol. The molecular weight excluding hydrogens is 388 g/mol. The minimum atomic E-state index is 0.117. The molecule has 1 aromatic carbocycles. The molecule has 6 nitrogen and oxygen atoms in total. The van der Waals surface area contributed by atoms with Crippen molar-refractivity contribution in [3.63, 3.8) is 0 Å². The van der Waals surface area contributed by atoms with Crippen molar-refractivity contribution in [2.45, 2.75) is 51.5 Å². The number of oxazole rings is 1. The molecule has 0 bridgehead atoms. The minimum Gasteiger partial charge on any atom is -0.439 e. The van der Waals surface area contributed by atoms with Crippen LogP contribution < -0.4 is 5.32 Å². The maximum atomic E-state index is 12.6. The van der Waals surface area contributed by atoms with Crippen LogP contribution in [0.3, 0.4) is 0 Å². The number of piperidine rings is 2. The zero-order chi connectivity index (χ0) is 21.5. The van der Waals surface area contributed by atoms with Gasteiger partial charge in [0.05, 0.1) is 12.2 Å². The molecule has 4 rings (SSSR count). The summed E-state index contributed by atoms with van der Waals surface area (Å²) in [6.07, 6.45) is 8.67. The second-order valence-electron chi connectivity index (χ2n) is 8.96. The van der Waals surface area contributed by atoms with E-state index in [9.17, 15) is 4.79 Å². The van der Waals surface area contributed by atoms with Gasteiger partial charge in [-0.2, -0.15) is 0 Å². The lowest BCUT2D eigenvalue weighted by Gasteiger charge is -2.34. The van der Waals surface area contributed by atoms with E-state index in [0.717, 1.165) is 62.7 Å². The Morgan fingerprint density at radius 1 is 1.13 bits per heavy atom. The number of nitrogens with zero attached hydrogens (tertiary/aromatic N) is 3. The lowest BCUT2D eigenvalue weighted by Crippen LogP contribution is -2.42. The molecule has 0 saturated carbocycles. The largest absolute Gasteiger partial charge is 0.439 e. The van der Waals surface area contributed by atoms with Gasteiger partial charge in [0.15, 0.2) is 5.76 Å². The summed E-state index contributed by atoms with van der Waals surface area (Å²) < 4.78 is 6.04. The quantitative estimate of drug-likeness (QED) is 0.646. The molecule has 2 aliphatic rings. The molecule has 2 aliphatic heterocycles. The lowest BCUT2D eigenvalue weighted by atomic mass is 9.95. The Balaban J connectivity index is 1.18. The number of likely N-dealkylation sites (tertiary alicyclic amines) is 2. The maximum Gasteiger partial charge on any atom is 0.223 e. The third-order valence-electron chi connectivity index (χ3n) is 6.79. The first-order valence-electron chi connectivity index (χ1n) is 12.0. The highest BCUT2D eigenvalue weighted by atomic mass is 16.4. The van der Waals surface area contributed by atoms with Crippen molar-refractivity contribution in [3.8, 4) is 11.3 Å². The summed E-state index contributed by atoms with van der Waals surface area (Å²) in [4.78, 5) is 22.0. The maximum absolute atomic E-state index is 12.6. The van der Waals surface area contributed by atoms with Gasteiger partial charge in [0, 0.05) is 18.0 Å². The zero-order valence-corrected chi connectivity index (χ0v) is 18.8. The van der Waals surface area contributed by atoms with E-state index in [4.69, 9.17) is 4.42 Å². The van der Waals surface area contributed by atoms with E-state index in [1.165, 1.54) is 32.4 Å². The molecule has 1 amide bonds. The SMILES string of the molecule is C[C@@H](c1ncc(-c2ccccc2)o1)N1CCC(C(=O)NCCCN2CCCCC2)CC1. The van der Waals surface area contributed by atoms with E-state index < -0.39 is 0 Å². The van der Waals surface area contributed by atoms with Crippen molar-refractivity contribution in [1.82, 2.24) is 20.1 Å². The number of carbonyl (C=O) groups is 1. The second kappa shape index (κ2) is 10.9. The van der Waals surface area contributed by atoms with Gasteiger partial charge in [-0.25, -0.2) is 4.98 Å². The first kappa shape index (κ1) is 22.0. The summed E-state index contributed by atoms with van der Waals surface area (Å²) in [5.41, 5.74) is 1.05. The van der Waals surface area contributed by atoms with Gasteiger partial charge in [0.1, 0.15) is 0 Å². The van der Waals surface area contributed by atoms with Gasteiger partial charge in [-0.15, -0.1) is 0 Å². The summed E-state index contributed by atoms with van der Waals surface area (Å²) >= 11 is 0. The van der Waals surface area contributed by atoms with Crippen LogP contribution in [0.1, 0.15) is 57.4 Å². The molecule has 2 aromatic rings. The Morgan fingerprint density at radius 2 is 1.87 bits per heavy atom. The molecule has 1 aromatic heterocycles. The molecule has 0 aliphatic carbocycles. The van der Waals surface area contributed by atoms with Crippen LogP contribution in [0.2, 0.25) is 0 Å². The van der Waals surface area contributed by atoms with E-state index in [0.29, 0.717) is 0 Å². The fourth-order valence-electron chi connectivity index (χ4n) is 4.76. The van der Waals surface area contributed by atoms with Crippen LogP contribution in [-0.2, 0) is 4.79 Å². The normalized spacial score (nSPS) is 19.9. The molecule has 0 spiro atoms. The number of amides is 1. The average molecular weight is 425 g/mol. The number of hydrogen-bond acceptors (Lipinski definition) is 5. The van der Waals surface area contributed by atoms with Gasteiger partial charge in [0.25, 0.3) is 0 Å². The number of hydrogen-bond donors (Lipinski definition) is 1. The predicted molar refractivity (Wildman–Crippen MR) is 123 cm³/mol. The van der Waals surface area contributed by atoms with Gasteiger partial charge in [-0.1, -0.05) is 36.8 Å². The fourth-order valence-corrected chi connectivity index (χ4v) is 4.76. The molecule has 1 N–H and O–H groups in total. The summed E-state index contributed by atoms with van der Waals surface area (Å²) in [7, 11) is 0. The van der Waals surface area contributed by atoms with Crippen LogP contribution in [0.5, 0.6) is 0 Å². The Bertz CT molecular complexity index is 808. The molecule has 3 heterocycles. The van der Waals surface area contributed by atoms with E-state index in [1.807, 2.05) is 36.5 Å². The standard InChI is InChI=1S/C25H36N4O2/c1-20(25-27-19-23(31-25)21-9-4-2-5-10-21)29-17-11-22(12-18-29)24(30)26-13-8-16-28-14-6-3-7-15-28/h2,4-5,9-10,19-20,22H,3,6-8,11-18H2,1H3,(H,26,30)/t20-/m0/s1. The molecule has 2 saturated heterocycles. The zero-order valence-electron chi connectivity index (χ0n) is 18.8. The van der Waals surface area contributed by atoms with Crippen molar-refractivity contribution in [3.05, 3.63) is 42.4 Å². The minimum absolute atomic E-state index is 0.117. The fraction of sp³-hybridized carbons (Fsp3) is 0.600. The second-order valence-corrected chi connectivity index (χ2v) is 8.96. The van der Waals surface area contributed by atoms with Gasteiger partial charge in [-0.3, -0.25) is 9.69 Å². The number of benzene rings is 1. The van der Waals surface area contributed by atoms with Crippen molar-refractivity contribution in [1.29, 1.82) is 0 Å². The molecule has 0 radical (unpaired) electrons. The van der Waals surface area contributed by atoms with Crippen LogP contribution in [0.25, 0.3) is 11.3 Å². The Labute approximate surface area is 186 Å². The van der Waals surface area contributed by atoms with Crippen molar-refractivity contribution < 1.29 is 9.21 Å². The molecular formula is C25H36N4O2. The molecule has 2 fully saturated rings. The molecule has 31 heavy (non-hydrogen) atoms. The van der Waals surface area contributed by atoms with E-state index in [1.54, 1.807) is 0 Å². The molecule has 6 heteroatoms. The van der Waals surface area contributed by atoms with Crippen molar-refractivity contribution in [2.24, 2.45) is 5.92 Å². The summed E-state index contributed by atoms with van der Waals surface area (Å²) in [5.74, 6) is 1.91. The number of aromatic nitrogens is 1. The van der Waals surface area contributed by atoms with E-state index in [-0.39, 0.29) is 17.9 Å². The number of nitrogens with one attached hydrogen (secondary N) is 1. The van der Waals surface area contributed by atoms with Crippen LogP contribution in [-0.4, -0.2) is 60.0 Å².